The van der Waals surface area contributed by atoms with E-state index in [0.717, 1.165) is 29.5 Å². The number of amides is 1. The Morgan fingerprint density at radius 3 is 2.32 bits per heavy atom. The molecule has 0 radical (unpaired) electrons. The summed E-state index contributed by atoms with van der Waals surface area (Å²) in [4.78, 5) is 12.2. The number of halogens is 2. The number of anilines is 1. The van der Waals surface area contributed by atoms with Crippen molar-refractivity contribution in [2.24, 2.45) is 5.10 Å². The van der Waals surface area contributed by atoms with Gasteiger partial charge in [0, 0.05) is 5.56 Å². The Bertz CT molecular complexity index is 1250. The molecule has 0 aromatic heterocycles. The molecule has 0 aliphatic rings. The second-order valence-electron chi connectivity index (χ2n) is 6.79. The van der Waals surface area contributed by atoms with Crippen LogP contribution in [0.5, 0.6) is 0 Å². The highest BCUT2D eigenvalue weighted by atomic mass is 32.2. The minimum absolute atomic E-state index is 0.00894. The summed E-state index contributed by atoms with van der Waals surface area (Å²) in [5, 5.41) is 3.55. The standard InChI is InChI=1S/C22H19F2N3O3S/c1-14-9-10-21(15(2)11-14)27-31(29,30)17-6-3-5-16(12-17)22(28)26-25-13-18-19(23)7-4-8-20(18)24/h3-13,27H,1-2H3,(H,26,28)/b25-13+. The summed E-state index contributed by atoms with van der Waals surface area (Å²) >= 11 is 0. The van der Waals surface area contributed by atoms with Gasteiger partial charge in [0.15, 0.2) is 0 Å². The van der Waals surface area contributed by atoms with Gasteiger partial charge in [-0.25, -0.2) is 22.6 Å². The van der Waals surface area contributed by atoms with Gasteiger partial charge in [-0.3, -0.25) is 9.52 Å². The Labute approximate surface area is 178 Å². The Morgan fingerprint density at radius 1 is 0.968 bits per heavy atom. The lowest BCUT2D eigenvalue weighted by Crippen LogP contribution is -2.19. The number of sulfonamides is 1. The van der Waals surface area contributed by atoms with E-state index in [-0.39, 0.29) is 10.5 Å². The molecule has 0 bridgehead atoms. The second-order valence-corrected chi connectivity index (χ2v) is 8.47. The van der Waals surface area contributed by atoms with Gasteiger partial charge in [0.1, 0.15) is 11.6 Å². The van der Waals surface area contributed by atoms with Gasteiger partial charge in [0.05, 0.1) is 22.4 Å². The summed E-state index contributed by atoms with van der Waals surface area (Å²) in [6, 6.07) is 13.9. The molecule has 0 atom stereocenters. The average molecular weight is 443 g/mol. The highest BCUT2D eigenvalue weighted by Gasteiger charge is 2.17. The smallest absolute Gasteiger partial charge is 0.271 e. The molecule has 0 heterocycles. The van der Waals surface area contributed by atoms with E-state index in [1.807, 2.05) is 13.0 Å². The molecule has 3 aromatic rings. The largest absolute Gasteiger partial charge is 0.279 e. The number of carbonyl (C=O) groups excluding carboxylic acids is 1. The molecule has 0 aliphatic carbocycles. The summed E-state index contributed by atoms with van der Waals surface area (Å²) < 4.78 is 55.2. The molecular weight excluding hydrogens is 424 g/mol. The third-order valence-corrected chi connectivity index (χ3v) is 5.76. The lowest BCUT2D eigenvalue weighted by molar-refractivity contribution is 0.0955. The number of nitrogens with one attached hydrogen (secondary N) is 2. The quantitative estimate of drug-likeness (QED) is 0.443. The fraction of sp³-hybridized carbons (Fsp3) is 0.0909. The first-order valence-electron chi connectivity index (χ1n) is 9.15. The summed E-state index contributed by atoms with van der Waals surface area (Å²) in [5.41, 5.74) is 3.91. The lowest BCUT2D eigenvalue weighted by Gasteiger charge is -2.12. The Kier molecular flexibility index (Phi) is 6.45. The molecule has 0 unspecified atom stereocenters. The number of benzene rings is 3. The number of aryl methyl sites for hydroxylation is 2. The van der Waals surface area contributed by atoms with Crippen molar-refractivity contribution in [3.8, 4) is 0 Å². The number of nitrogens with zero attached hydrogens (tertiary/aromatic N) is 1. The van der Waals surface area contributed by atoms with Crippen molar-refractivity contribution in [2.75, 3.05) is 4.72 Å². The van der Waals surface area contributed by atoms with Gasteiger partial charge in [-0.15, -0.1) is 0 Å². The van der Waals surface area contributed by atoms with E-state index in [1.165, 1.54) is 30.3 Å². The maximum atomic E-state index is 13.6. The van der Waals surface area contributed by atoms with Crippen molar-refractivity contribution in [2.45, 2.75) is 18.7 Å². The molecule has 0 fully saturated rings. The zero-order valence-electron chi connectivity index (χ0n) is 16.7. The van der Waals surface area contributed by atoms with Crippen LogP contribution >= 0.6 is 0 Å². The first-order valence-corrected chi connectivity index (χ1v) is 10.6. The average Bonchev–Trinajstić information content (AvgIpc) is 2.72. The van der Waals surface area contributed by atoms with E-state index in [1.54, 1.807) is 19.1 Å². The molecule has 0 aliphatic heterocycles. The zero-order valence-corrected chi connectivity index (χ0v) is 17.5. The van der Waals surface area contributed by atoms with E-state index >= 15 is 0 Å². The van der Waals surface area contributed by atoms with Gasteiger partial charge in [-0.05, 0) is 55.8 Å². The van der Waals surface area contributed by atoms with Crippen LogP contribution in [0.15, 0.2) is 70.7 Å². The number of hydrazone groups is 1. The third kappa shape index (κ3) is 5.32. The molecular formula is C22H19F2N3O3S. The number of hydrogen-bond donors (Lipinski definition) is 2. The molecule has 6 nitrogen and oxygen atoms in total. The number of carbonyl (C=O) groups is 1. The van der Waals surface area contributed by atoms with Gasteiger partial charge >= 0.3 is 0 Å². The molecule has 3 aromatic carbocycles. The van der Waals surface area contributed by atoms with Crippen LogP contribution in [0.2, 0.25) is 0 Å². The fourth-order valence-corrected chi connectivity index (χ4v) is 3.97. The van der Waals surface area contributed by atoms with Crippen molar-refractivity contribution in [3.05, 3.63) is 94.6 Å². The number of hydrogen-bond acceptors (Lipinski definition) is 4. The summed E-state index contributed by atoms with van der Waals surface area (Å²) in [5.74, 6) is -2.40. The van der Waals surface area contributed by atoms with E-state index < -0.39 is 33.1 Å². The van der Waals surface area contributed by atoms with Crippen LogP contribution in [0.1, 0.15) is 27.0 Å². The van der Waals surface area contributed by atoms with E-state index in [0.29, 0.717) is 5.69 Å². The van der Waals surface area contributed by atoms with E-state index in [9.17, 15) is 22.0 Å². The predicted octanol–water partition coefficient (Wildman–Crippen LogP) is 4.15. The SMILES string of the molecule is Cc1ccc(NS(=O)(=O)c2cccc(C(=O)N/N=C/c3c(F)cccc3F)c2)c(C)c1. The molecule has 160 valence electrons. The van der Waals surface area contributed by atoms with E-state index in [2.05, 4.69) is 15.2 Å². The summed E-state index contributed by atoms with van der Waals surface area (Å²) in [7, 11) is -3.95. The molecule has 0 spiro atoms. The second kappa shape index (κ2) is 9.05. The molecule has 31 heavy (non-hydrogen) atoms. The Hall–Kier alpha value is -3.59. The Morgan fingerprint density at radius 2 is 1.65 bits per heavy atom. The van der Waals surface area contributed by atoms with Crippen LogP contribution in [-0.2, 0) is 10.0 Å². The first-order chi connectivity index (χ1) is 14.7. The van der Waals surface area contributed by atoms with Crippen LogP contribution in [0.25, 0.3) is 0 Å². The topological polar surface area (TPSA) is 87.6 Å². The third-order valence-electron chi connectivity index (χ3n) is 4.39. The van der Waals surface area contributed by atoms with Gasteiger partial charge in [0.2, 0.25) is 0 Å². The predicted molar refractivity (Wildman–Crippen MR) is 115 cm³/mol. The van der Waals surface area contributed by atoms with Gasteiger partial charge in [0.25, 0.3) is 15.9 Å². The van der Waals surface area contributed by atoms with Gasteiger partial charge in [-0.2, -0.15) is 5.10 Å². The summed E-state index contributed by atoms with van der Waals surface area (Å²) in [6.07, 6.45) is 0.838. The van der Waals surface area contributed by atoms with Crippen molar-refractivity contribution >= 4 is 27.8 Å². The van der Waals surface area contributed by atoms with Crippen LogP contribution in [0, 0.1) is 25.5 Å². The van der Waals surface area contributed by atoms with Crippen LogP contribution in [0.3, 0.4) is 0 Å². The normalized spacial score (nSPS) is 11.5. The lowest BCUT2D eigenvalue weighted by atomic mass is 10.1. The summed E-state index contributed by atoms with van der Waals surface area (Å²) in [6.45, 7) is 3.68. The van der Waals surface area contributed by atoms with Crippen molar-refractivity contribution in [1.29, 1.82) is 0 Å². The van der Waals surface area contributed by atoms with Crippen molar-refractivity contribution < 1.29 is 22.0 Å². The Balaban J connectivity index is 1.77. The monoisotopic (exact) mass is 443 g/mol. The van der Waals surface area contributed by atoms with E-state index in [4.69, 9.17) is 0 Å². The van der Waals surface area contributed by atoms with Gasteiger partial charge in [-0.1, -0.05) is 29.8 Å². The minimum Gasteiger partial charge on any atom is -0.279 e. The van der Waals surface area contributed by atoms with Crippen LogP contribution in [0.4, 0.5) is 14.5 Å². The number of rotatable bonds is 6. The molecule has 9 heteroatoms. The highest BCUT2D eigenvalue weighted by Crippen LogP contribution is 2.21. The van der Waals surface area contributed by atoms with Crippen molar-refractivity contribution in [1.82, 2.24) is 5.43 Å². The first kappa shape index (κ1) is 22.1. The minimum atomic E-state index is -3.95. The molecule has 1 amide bonds. The molecule has 0 saturated carbocycles. The zero-order chi connectivity index (χ0) is 22.6. The molecule has 2 N–H and O–H groups in total. The fourth-order valence-electron chi connectivity index (χ4n) is 2.79. The molecule has 3 rings (SSSR count). The van der Waals surface area contributed by atoms with Crippen LogP contribution in [-0.4, -0.2) is 20.5 Å². The molecule has 0 saturated heterocycles. The van der Waals surface area contributed by atoms with Crippen LogP contribution < -0.4 is 10.1 Å². The van der Waals surface area contributed by atoms with Gasteiger partial charge < -0.3 is 0 Å². The maximum absolute atomic E-state index is 13.6. The maximum Gasteiger partial charge on any atom is 0.271 e. The van der Waals surface area contributed by atoms with Crippen molar-refractivity contribution in [3.63, 3.8) is 0 Å². The highest BCUT2D eigenvalue weighted by molar-refractivity contribution is 7.92.